The summed E-state index contributed by atoms with van der Waals surface area (Å²) in [7, 11) is 0. The van der Waals surface area contributed by atoms with Crippen LogP contribution in [0.3, 0.4) is 0 Å². The summed E-state index contributed by atoms with van der Waals surface area (Å²) in [5.74, 6) is -0.635. The number of nitrogens with one attached hydrogen (secondary N) is 2. The summed E-state index contributed by atoms with van der Waals surface area (Å²) < 4.78 is 19.5. The predicted molar refractivity (Wildman–Crippen MR) is 134 cm³/mol. The van der Waals surface area contributed by atoms with Crippen LogP contribution in [0.25, 0.3) is 11.1 Å². The summed E-state index contributed by atoms with van der Waals surface area (Å²) in [6.45, 7) is 2.05. The highest BCUT2D eigenvalue weighted by atomic mass is 35.5. The highest BCUT2D eigenvalue weighted by Crippen LogP contribution is 2.30. The minimum absolute atomic E-state index is 0.176. The summed E-state index contributed by atoms with van der Waals surface area (Å²) in [6, 6.07) is 8.84. The Balaban J connectivity index is 1.19. The number of halogens is 2. The fraction of sp³-hybridized carbons (Fsp3) is 0.167. The zero-order chi connectivity index (χ0) is 25.6. The molecular formula is C24H22ClFN9O2+. The Hall–Kier alpha value is -4.26. The number of nitrogens with zero attached hydrogens (tertiary/aromatic N) is 6. The van der Waals surface area contributed by atoms with Gasteiger partial charge in [0.05, 0.1) is 42.0 Å². The highest BCUT2D eigenvalue weighted by Gasteiger charge is 2.20. The SMILES string of the molecule is O=C(N[NH2+]c1ncc(F)c(N2CCOCC2)n1)c1ccc(Nc2ccc(-c3cncnc3)cc2Cl)cn1. The Morgan fingerprint density at radius 2 is 1.84 bits per heavy atom. The smallest absolute Gasteiger partial charge is 0.352 e. The van der Waals surface area contributed by atoms with Crippen LogP contribution in [0.2, 0.25) is 5.02 Å². The van der Waals surface area contributed by atoms with Crippen LogP contribution in [-0.4, -0.2) is 57.1 Å². The molecule has 0 aliphatic carbocycles. The second kappa shape index (κ2) is 11.2. The van der Waals surface area contributed by atoms with Crippen LogP contribution in [0, 0.1) is 5.82 Å². The van der Waals surface area contributed by atoms with E-state index in [1.54, 1.807) is 29.4 Å². The Morgan fingerprint density at radius 1 is 1.03 bits per heavy atom. The molecule has 4 N–H and O–H groups in total. The molecule has 11 nitrogen and oxygen atoms in total. The molecule has 1 fully saturated rings. The molecule has 0 atom stereocenters. The molecule has 13 heteroatoms. The van der Waals surface area contributed by atoms with Gasteiger partial charge in [0.25, 0.3) is 0 Å². The van der Waals surface area contributed by atoms with Gasteiger partial charge < -0.3 is 15.0 Å². The molecular weight excluding hydrogens is 501 g/mol. The zero-order valence-corrected chi connectivity index (χ0v) is 20.2. The second-order valence-electron chi connectivity index (χ2n) is 8.00. The molecule has 1 aliphatic heterocycles. The normalized spacial score (nSPS) is 13.3. The van der Waals surface area contributed by atoms with Gasteiger partial charge in [0.2, 0.25) is 0 Å². The standard InChI is InChI=1S/C24H21ClFN9O2/c25-18-9-15(16-10-27-14-28-11-16)1-3-20(18)31-17-2-4-21(29-12-17)23(36)33-34-24-30-13-19(26)22(32-24)35-5-7-37-8-6-35/h1-4,9-14,31H,5-8H2,(H,33,36)(H,30,32,34)/p+1. The number of benzene rings is 1. The van der Waals surface area contributed by atoms with Gasteiger partial charge in [0, 0.05) is 31.0 Å². The Bertz CT molecular complexity index is 1390. The quantitative estimate of drug-likeness (QED) is 0.190. The van der Waals surface area contributed by atoms with Crippen LogP contribution in [0.5, 0.6) is 0 Å². The van der Waals surface area contributed by atoms with Gasteiger partial charge >= 0.3 is 11.9 Å². The van der Waals surface area contributed by atoms with Crippen LogP contribution < -0.4 is 21.1 Å². The Kier molecular flexibility index (Phi) is 7.40. The molecule has 1 aliphatic rings. The monoisotopic (exact) mass is 522 g/mol. The van der Waals surface area contributed by atoms with E-state index in [0.717, 1.165) is 17.3 Å². The predicted octanol–water partition coefficient (Wildman–Crippen LogP) is 2.24. The van der Waals surface area contributed by atoms with Crippen molar-refractivity contribution in [1.29, 1.82) is 0 Å². The average molecular weight is 523 g/mol. The number of quaternary nitrogens is 1. The molecule has 0 radical (unpaired) electrons. The molecule has 1 saturated heterocycles. The van der Waals surface area contributed by atoms with Crippen molar-refractivity contribution in [2.75, 3.05) is 36.5 Å². The molecule has 4 heterocycles. The number of pyridine rings is 1. The van der Waals surface area contributed by atoms with Crippen molar-refractivity contribution < 1.29 is 19.3 Å². The number of anilines is 3. The third kappa shape index (κ3) is 5.94. The van der Waals surface area contributed by atoms with Gasteiger partial charge in [-0.3, -0.25) is 4.79 Å². The summed E-state index contributed by atoms with van der Waals surface area (Å²) >= 11 is 6.44. The van der Waals surface area contributed by atoms with Crippen LogP contribution in [-0.2, 0) is 4.74 Å². The molecule has 0 unspecified atom stereocenters. The van der Waals surface area contributed by atoms with E-state index in [1.165, 1.54) is 17.9 Å². The van der Waals surface area contributed by atoms with E-state index in [1.807, 2.05) is 18.2 Å². The molecule has 0 spiro atoms. The van der Waals surface area contributed by atoms with Gasteiger partial charge in [-0.25, -0.2) is 19.3 Å². The molecule has 37 heavy (non-hydrogen) atoms. The number of hydrogen-bond acceptors (Lipinski definition) is 9. The Morgan fingerprint density at radius 3 is 2.57 bits per heavy atom. The third-order valence-electron chi connectivity index (χ3n) is 5.53. The summed E-state index contributed by atoms with van der Waals surface area (Å²) in [5.41, 5.74) is 7.17. The van der Waals surface area contributed by atoms with Crippen molar-refractivity contribution in [1.82, 2.24) is 30.3 Å². The van der Waals surface area contributed by atoms with Gasteiger partial charge in [-0.05, 0) is 29.8 Å². The first-order valence-corrected chi connectivity index (χ1v) is 11.7. The number of rotatable bonds is 7. The van der Waals surface area contributed by atoms with Gasteiger partial charge in [-0.2, -0.15) is 20.8 Å². The molecule has 4 aromatic rings. The molecule has 5 rings (SSSR count). The van der Waals surface area contributed by atoms with E-state index in [2.05, 4.69) is 35.7 Å². The molecule has 188 valence electrons. The lowest BCUT2D eigenvalue weighted by Gasteiger charge is -2.27. The summed E-state index contributed by atoms with van der Waals surface area (Å²) in [5, 5.41) is 3.69. The number of morpholine rings is 1. The molecule has 0 saturated carbocycles. The number of nitrogens with two attached hydrogens (primary N) is 1. The number of amides is 1. The number of ether oxygens (including phenoxy) is 1. The first-order valence-electron chi connectivity index (χ1n) is 11.3. The Labute approximate surface area is 216 Å². The number of carbonyl (C=O) groups is 1. The lowest BCUT2D eigenvalue weighted by atomic mass is 10.1. The minimum atomic E-state index is -0.529. The largest absolute Gasteiger partial charge is 0.378 e. The number of carbonyl (C=O) groups excluding carboxylic acids is 1. The third-order valence-corrected chi connectivity index (χ3v) is 5.84. The number of nitrogen functional groups attached to an aromatic ring is 1. The number of aromatic nitrogens is 5. The minimum Gasteiger partial charge on any atom is -0.378 e. The maximum Gasteiger partial charge on any atom is 0.352 e. The lowest BCUT2D eigenvalue weighted by Crippen LogP contribution is -2.90. The molecule has 1 amide bonds. The van der Waals surface area contributed by atoms with Gasteiger partial charge in [0.1, 0.15) is 12.0 Å². The van der Waals surface area contributed by atoms with E-state index >= 15 is 0 Å². The first-order chi connectivity index (χ1) is 18.1. The highest BCUT2D eigenvalue weighted by molar-refractivity contribution is 6.33. The van der Waals surface area contributed by atoms with E-state index < -0.39 is 11.7 Å². The topological polar surface area (TPSA) is 135 Å². The van der Waals surface area contributed by atoms with Crippen molar-refractivity contribution in [3.05, 3.63) is 78.0 Å². The van der Waals surface area contributed by atoms with Crippen molar-refractivity contribution in [3.63, 3.8) is 0 Å². The van der Waals surface area contributed by atoms with Crippen molar-refractivity contribution in [2.24, 2.45) is 0 Å². The first kappa shape index (κ1) is 24.4. The van der Waals surface area contributed by atoms with E-state index in [4.69, 9.17) is 16.3 Å². The fourth-order valence-corrected chi connectivity index (χ4v) is 3.87. The van der Waals surface area contributed by atoms with Gasteiger partial charge in [-0.15, -0.1) is 0 Å². The van der Waals surface area contributed by atoms with Crippen LogP contribution in [0.4, 0.5) is 27.5 Å². The second-order valence-corrected chi connectivity index (χ2v) is 8.40. The van der Waals surface area contributed by atoms with Crippen LogP contribution in [0.1, 0.15) is 10.5 Å². The van der Waals surface area contributed by atoms with E-state index in [-0.39, 0.29) is 17.5 Å². The maximum atomic E-state index is 14.2. The van der Waals surface area contributed by atoms with Gasteiger partial charge in [-0.1, -0.05) is 17.7 Å². The zero-order valence-electron chi connectivity index (χ0n) is 19.4. The summed E-state index contributed by atoms with van der Waals surface area (Å²) in [4.78, 5) is 34.7. The van der Waals surface area contributed by atoms with Crippen molar-refractivity contribution in [3.8, 4) is 11.1 Å². The molecule has 0 bridgehead atoms. The number of hydrogen-bond donors (Lipinski definition) is 3. The van der Waals surface area contributed by atoms with Crippen molar-refractivity contribution >= 4 is 40.6 Å². The average Bonchev–Trinajstić information content (AvgIpc) is 2.95. The lowest BCUT2D eigenvalue weighted by molar-refractivity contribution is -0.625. The van der Waals surface area contributed by atoms with Crippen molar-refractivity contribution in [2.45, 2.75) is 0 Å². The maximum absolute atomic E-state index is 14.2. The fourth-order valence-electron chi connectivity index (χ4n) is 3.64. The van der Waals surface area contributed by atoms with Crippen LogP contribution >= 0.6 is 11.6 Å². The summed E-state index contributed by atoms with van der Waals surface area (Å²) in [6.07, 6.45) is 7.49. The van der Waals surface area contributed by atoms with E-state index in [0.29, 0.717) is 42.7 Å². The molecule has 1 aromatic carbocycles. The van der Waals surface area contributed by atoms with Gasteiger partial charge in [0.15, 0.2) is 11.6 Å². The van der Waals surface area contributed by atoms with Crippen LogP contribution in [0.15, 0.2) is 61.4 Å². The van der Waals surface area contributed by atoms with E-state index in [9.17, 15) is 9.18 Å². The molecule has 3 aromatic heterocycles.